The molecule has 2 aromatic heterocycles. The molecule has 0 unspecified atom stereocenters. The number of hydrogen-bond acceptors (Lipinski definition) is 3. The van der Waals surface area contributed by atoms with E-state index in [1.54, 1.807) is 18.3 Å². The van der Waals surface area contributed by atoms with Gasteiger partial charge in [0.15, 0.2) is 6.29 Å². The molecule has 2 N–H and O–H groups in total. The molecule has 0 saturated carbocycles. The van der Waals surface area contributed by atoms with Crippen molar-refractivity contribution < 1.29 is 4.79 Å². The van der Waals surface area contributed by atoms with Crippen LogP contribution in [0.25, 0.3) is 16.6 Å². The Morgan fingerprint density at radius 2 is 2.00 bits per heavy atom. The van der Waals surface area contributed by atoms with Gasteiger partial charge in [-0.1, -0.05) is 23.2 Å². The summed E-state index contributed by atoms with van der Waals surface area (Å²) in [4.78, 5) is 15.1. The summed E-state index contributed by atoms with van der Waals surface area (Å²) >= 11 is 12.2. The molecule has 0 aliphatic heterocycles. The van der Waals surface area contributed by atoms with Gasteiger partial charge in [-0.3, -0.25) is 4.79 Å². The molecule has 0 radical (unpaired) electrons. The van der Waals surface area contributed by atoms with E-state index in [0.29, 0.717) is 27.8 Å². The van der Waals surface area contributed by atoms with E-state index in [1.165, 1.54) is 0 Å². The van der Waals surface area contributed by atoms with E-state index < -0.39 is 0 Å². The molecule has 0 bridgehead atoms. The zero-order valence-electron chi connectivity index (χ0n) is 10.2. The third kappa shape index (κ3) is 1.85. The molecule has 1 aromatic carbocycles. The van der Waals surface area contributed by atoms with E-state index in [9.17, 15) is 4.79 Å². The molecular weight excluding hydrogens is 297 g/mol. The van der Waals surface area contributed by atoms with Crippen LogP contribution in [-0.2, 0) is 0 Å². The number of halogens is 2. The van der Waals surface area contributed by atoms with Crippen molar-refractivity contribution in [2.45, 2.75) is 0 Å². The highest BCUT2D eigenvalue weighted by molar-refractivity contribution is 6.39. The van der Waals surface area contributed by atoms with Gasteiger partial charge in [-0.15, -0.1) is 0 Å². The smallest absolute Gasteiger partial charge is 0.153 e. The predicted octanol–water partition coefficient (Wildman–Crippen LogP) is 3.73. The number of nitrogen functional groups attached to an aromatic ring is 1. The van der Waals surface area contributed by atoms with Gasteiger partial charge >= 0.3 is 0 Å². The van der Waals surface area contributed by atoms with E-state index >= 15 is 0 Å². The average Bonchev–Trinajstić information content (AvgIpc) is 2.85. The van der Waals surface area contributed by atoms with Crippen LogP contribution in [0.4, 0.5) is 5.82 Å². The number of nitrogens with zero attached hydrogens (tertiary/aromatic N) is 2. The molecule has 2 heterocycles. The molecule has 0 fully saturated rings. The maximum absolute atomic E-state index is 11.1. The van der Waals surface area contributed by atoms with Crippen molar-refractivity contribution in [3.8, 4) is 5.69 Å². The van der Waals surface area contributed by atoms with Gasteiger partial charge in [-0.05, 0) is 24.3 Å². The Hall–Kier alpha value is -2.04. The number of benzene rings is 1. The summed E-state index contributed by atoms with van der Waals surface area (Å²) in [5.41, 5.74) is 7.63. The van der Waals surface area contributed by atoms with Crippen molar-refractivity contribution in [1.29, 1.82) is 0 Å². The second-order valence-corrected chi connectivity index (χ2v) is 5.01. The number of aromatic nitrogens is 2. The van der Waals surface area contributed by atoms with Crippen molar-refractivity contribution in [3.63, 3.8) is 0 Å². The van der Waals surface area contributed by atoms with Crippen LogP contribution in [0.15, 0.2) is 36.7 Å². The minimum atomic E-state index is 0.273. The summed E-state index contributed by atoms with van der Waals surface area (Å²) in [5, 5.41) is 1.46. The van der Waals surface area contributed by atoms with Crippen LogP contribution in [0.2, 0.25) is 10.0 Å². The van der Waals surface area contributed by atoms with Gasteiger partial charge in [0.05, 0.1) is 26.8 Å². The molecule has 6 heteroatoms. The molecule has 0 saturated heterocycles. The standard InChI is InChI=1S/C14H9Cl2N3O/c15-10-1-2-12(13(16)9(10)7-20)19-6-4-8-11(19)3-5-18-14(8)17/h1-7H,(H2,17,18). The Morgan fingerprint density at radius 3 is 2.75 bits per heavy atom. The van der Waals surface area contributed by atoms with Crippen molar-refractivity contribution in [2.24, 2.45) is 0 Å². The van der Waals surface area contributed by atoms with Crippen molar-refractivity contribution in [1.82, 2.24) is 9.55 Å². The van der Waals surface area contributed by atoms with Crippen molar-refractivity contribution in [3.05, 3.63) is 52.3 Å². The van der Waals surface area contributed by atoms with Crippen LogP contribution >= 0.6 is 23.2 Å². The van der Waals surface area contributed by atoms with E-state index in [2.05, 4.69) is 4.98 Å². The fraction of sp³-hybridized carbons (Fsp3) is 0. The van der Waals surface area contributed by atoms with Crippen molar-refractivity contribution in [2.75, 3.05) is 5.73 Å². The van der Waals surface area contributed by atoms with Crippen LogP contribution < -0.4 is 5.73 Å². The second-order valence-electron chi connectivity index (χ2n) is 4.23. The first-order valence-electron chi connectivity index (χ1n) is 5.78. The number of carbonyl (C=O) groups is 1. The highest BCUT2D eigenvalue weighted by Crippen LogP contribution is 2.32. The molecule has 4 nitrogen and oxygen atoms in total. The first-order chi connectivity index (χ1) is 9.63. The number of rotatable bonds is 2. The van der Waals surface area contributed by atoms with Gasteiger partial charge in [-0.25, -0.2) is 4.98 Å². The first-order valence-corrected chi connectivity index (χ1v) is 6.54. The zero-order valence-corrected chi connectivity index (χ0v) is 11.7. The third-order valence-electron chi connectivity index (χ3n) is 3.13. The molecule has 3 aromatic rings. The lowest BCUT2D eigenvalue weighted by atomic mass is 10.2. The zero-order chi connectivity index (χ0) is 14.3. The summed E-state index contributed by atoms with van der Waals surface area (Å²) in [7, 11) is 0. The Labute approximate surface area is 124 Å². The van der Waals surface area contributed by atoms with E-state index in [1.807, 2.05) is 22.9 Å². The SMILES string of the molecule is Nc1nccc2c1ccn2-c1ccc(Cl)c(C=O)c1Cl. The van der Waals surface area contributed by atoms with Gasteiger partial charge in [0, 0.05) is 17.8 Å². The summed E-state index contributed by atoms with van der Waals surface area (Å²) in [6.07, 6.45) is 4.10. The number of aldehydes is 1. The molecular formula is C14H9Cl2N3O. The minimum absolute atomic E-state index is 0.273. The monoisotopic (exact) mass is 305 g/mol. The van der Waals surface area contributed by atoms with Gasteiger partial charge in [-0.2, -0.15) is 0 Å². The van der Waals surface area contributed by atoms with E-state index in [0.717, 1.165) is 10.9 Å². The lowest BCUT2D eigenvalue weighted by Crippen LogP contribution is -1.97. The number of nitrogens with two attached hydrogens (primary N) is 1. The largest absolute Gasteiger partial charge is 0.383 e. The van der Waals surface area contributed by atoms with E-state index in [-0.39, 0.29) is 5.56 Å². The number of pyridine rings is 1. The minimum Gasteiger partial charge on any atom is -0.383 e. The summed E-state index contributed by atoms with van der Waals surface area (Å²) in [5.74, 6) is 0.446. The Kier molecular flexibility index (Phi) is 3.12. The van der Waals surface area contributed by atoms with Gasteiger partial charge in [0.1, 0.15) is 5.82 Å². The number of carbonyl (C=O) groups excluding carboxylic acids is 1. The second kappa shape index (κ2) is 4.81. The molecule has 0 spiro atoms. The summed E-state index contributed by atoms with van der Waals surface area (Å²) in [6, 6.07) is 7.08. The maximum atomic E-state index is 11.1. The van der Waals surface area contributed by atoms with Crippen LogP contribution in [0, 0.1) is 0 Å². The quantitative estimate of drug-likeness (QED) is 0.734. The molecule has 100 valence electrons. The van der Waals surface area contributed by atoms with Crippen LogP contribution in [-0.4, -0.2) is 15.8 Å². The summed E-state index contributed by atoms with van der Waals surface area (Å²) < 4.78 is 1.85. The van der Waals surface area contributed by atoms with Gasteiger partial charge in [0.25, 0.3) is 0 Å². The van der Waals surface area contributed by atoms with E-state index in [4.69, 9.17) is 28.9 Å². The molecule has 0 amide bonds. The van der Waals surface area contributed by atoms with Crippen LogP contribution in [0.1, 0.15) is 10.4 Å². The summed E-state index contributed by atoms with van der Waals surface area (Å²) in [6.45, 7) is 0. The fourth-order valence-corrected chi connectivity index (χ4v) is 2.70. The number of hydrogen-bond donors (Lipinski definition) is 1. The lowest BCUT2D eigenvalue weighted by molar-refractivity contribution is 0.112. The van der Waals surface area contributed by atoms with Gasteiger partial charge < -0.3 is 10.3 Å². The molecule has 20 heavy (non-hydrogen) atoms. The molecule has 0 aliphatic rings. The maximum Gasteiger partial charge on any atom is 0.153 e. The average molecular weight is 306 g/mol. The lowest BCUT2D eigenvalue weighted by Gasteiger charge is -2.10. The predicted molar refractivity (Wildman–Crippen MR) is 80.9 cm³/mol. The first kappa shape index (κ1) is 13.0. The van der Waals surface area contributed by atoms with Gasteiger partial charge in [0.2, 0.25) is 0 Å². The normalized spacial score (nSPS) is 10.9. The molecule has 0 aliphatic carbocycles. The number of anilines is 1. The highest BCUT2D eigenvalue weighted by atomic mass is 35.5. The number of fused-ring (bicyclic) bond motifs is 1. The Morgan fingerprint density at radius 1 is 1.20 bits per heavy atom. The van der Waals surface area contributed by atoms with Crippen molar-refractivity contribution >= 4 is 46.2 Å². The molecule has 3 rings (SSSR count). The Bertz CT molecular complexity index is 827. The highest BCUT2D eigenvalue weighted by Gasteiger charge is 2.13. The molecule has 0 atom stereocenters. The van der Waals surface area contributed by atoms with Crippen LogP contribution in [0.3, 0.4) is 0 Å². The third-order valence-corrected chi connectivity index (χ3v) is 3.86. The Balaban J connectivity index is 2.32. The van der Waals surface area contributed by atoms with Crippen LogP contribution in [0.5, 0.6) is 0 Å². The fourth-order valence-electron chi connectivity index (χ4n) is 2.15. The topological polar surface area (TPSA) is 60.9 Å².